The number of rotatable bonds is 6. The molecule has 0 saturated heterocycles. The third kappa shape index (κ3) is 3.38. The predicted octanol–water partition coefficient (Wildman–Crippen LogP) is 1.92. The molecule has 0 amide bonds. The molecule has 1 aromatic rings. The van der Waals surface area contributed by atoms with Crippen LogP contribution in [0.25, 0.3) is 0 Å². The number of carbonyl (C=O) groups is 1. The van der Waals surface area contributed by atoms with Crippen molar-refractivity contribution in [1.29, 1.82) is 0 Å². The first-order valence-electron chi connectivity index (χ1n) is 6.75. The molecular formula is C14H18FNO5S. The van der Waals surface area contributed by atoms with Crippen LogP contribution in [0.1, 0.15) is 29.6 Å². The molecule has 1 aromatic carbocycles. The Labute approximate surface area is 128 Å². The molecule has 0 bridgehead atoms. The smallest absolute Gasteiger partial charge is 0.343 e. The van der Waals surface area contributed by atoms with Crippen molar-refractivity contribution >= 4 is 21.7 Å². The van der Waals surface area contributed by atoms with Crippen molar-refractivity contribution in [3.05, 3.63) is 29.6 Å². The van der Waals surface area contributed by atoms with Gasteiger partial charge in [-0.25, -0.2) is 17.6 Å². The summed E-state index contributed by atoms with van der Waals surface area (Å²) in [7, 11) is -1.23. The molecule has 1 N–H and O–H groups in total. The topological polar surface area (TPSA) is 81.7 Å². The number of esters is 1. The standard InChI is InChI=1S/C14H18FNO5S/c1-20-13(17)12-10(15)5-3-6-11(12)16-22(18,19)9-14(21-2)7-4-8-14/h3,5-6,16H,4,7-9H2,1-2H3. The summed E-state index contributed by atoms with van der Waals surface area (Å²) in [4.78, 5) is 11.6. The molecule has 1 fully saturated rings. The molecule has 0 aliphatic heterocycles. The second-order valence-corrected chi connectivity index (χ2v) is 6.98. The Bertz CT molecular complexity index is 664. The van der Waals surface area contributed by atoms with Gasteiger partial charge in [0.2, 0.25) is 10.0 Å². The van der Waals surface area contributed by atoms with Crippen molar-refractivity contribution in [3.8, 4) is 0 Å². The van der Waals surface area contributed by atoms with Gasteiger partial charge in [0.15, 0.2) is 0 Å². The van der Waals surface area contributed by atoms with Gasteiger partial charge in [-0.3, -0.25) is 4.72 Å². The van der Waals surface area contributed by atoms with E-state index in [1.807, 2.05) is 0 Å². The fourth-order valence-electron chi connectivity index (χ4n) is 2.45. The number of methoxy groups -OCH3 is 2. The predicted molar refractivity (Wildman–Crippen MR) is 78.7 cm³/mol. The van der Waals surface area contributed by atoms with Gasteiger partial charge in [0.05, 0.1) is 24.2 Å². The molecule has 2 rings (SSSR count). The van der Waals surface area contributed by atoms with E-state index < -0.39 is 33.0 Å². The maximum Gasteiger partial charge on any atom is 0.343 e. The number of ether oxygens (including phenoxy) is 2. The zero-order chi connectivity index (χ0) is 16.4. The van der Waals surface area contributed by atoms with Gasteiger partial charge in [0, 0.05) is 7.11 Å². The lowest BCUT2D eigenvalue weighted by Crippen LogP contribution is -2.46. The monoisotopic (exact) mass is 331 g/mol. The van der Waals surface area contributed by atoms with E-state index in [0.717, 1.165) is 19.6 Å². The first-order valence-corrected chi connectivity index (χ1v) is 8.40. The summed E-state index contributed by atoms with van der Waals surface area (Å²) < 4.78 is 50.4. The normalized spacial score (nSPS) is 16.7. The molecule has 1 aliphatic rings. The van der Waals surface area contributed by atoms with Crippen LogP contribution in [0, 0.1) is 5.82 Å². The highest BCUT2D eigenvalue weighted by atomic mass is 32.2. The van der Waals surface area contributed by atoms with Gasteiger partial charge < -0.3 is 9.47 Å². The maximum absolute atomic E-state index is 13.8. The molecule has 0 heterocycles. The molecule has 0 radical (unpaired) electrons. The molecule has 22 heavy (non-hydrogen) atoms. The van der Waals surface area contributed by atoms with E-state index in [9.17, 15) is 17.6 Å². The van der Waals surface area contributed by atoms with E-state index >= 15 is 0 Å². The van der Waals surface area contributed by atoms with Crippen molar-refractivity contribution in [2.24, 2.45) is 0 Å². The van der Waals surface area contributed by atoms with Crippen molar-refractivity contribution in [2.45, 2.75) is 24.9 Å². The van der Waals surface area contributed by atoms with Gasteiger partial charge in [-0.1, -0.05) is 6.07 Å². The molecule has 0 aromatic heterocycles. The zero-order valence-electron chi connectivity index (χ0n) is 12.4. The minimum Gasteiger partial charge on any atom is -0.465 e. The summed E-state index contributed by atoms with van der Waals surface area (Å²) in [6, 6.07) is 3.69. The van der Waals surface area contributed by atoms with Crippen LogP contribution in [0.15, 0.2) is 18.2 Å². The number of anilines is 1. The SMILES string of the molecule is COC(=O)c1c(F)cccc1NS(=O)(=O)CC1(OC)CCC1. The Hall–Kier alpha value is -1.67. The first-order chi connectivity index (χ1) is 10.3. The second kappa shape index (κ2) is 6.21. The van der Waals surface area contributed by atoms with E-state index in [4.69, 9.17) is 4.74 Å². The summed E-state index contributed by atoms with van der Waals surface area (Å²) in [5.74, 6) is -2.04. The third-order valence-electron chi connectivity index (χ3n) is 3.82. The van der Waals surface area contributed by atoms with Crippen molar-refractivity contribution in [1.82, 2.24) is 0 Å². The number of sulfonamides is 1. The number of halogens is 1. The highest BCUT2D eigenvalue weighted by Crippen LogP contribution is 2.36. The Balaban J connectivity index is 2.26. The number of benzene rings is 1. The van der Waals surface area contributed by atoms with Gasteiger partial charge >= 0.3 is 5.97 Å². The summed E-state index contributed by atoms with van der Waals surface area (Å²) >= 11 is 0. The van der Waals surface area contributed by atoms with E-state index in [-0.39, 0.29) is 11.4 Å². The van der Waals surface area contributed by atoms with Crippen LogP contribution in [-0.2, 0) is 19.5 Å². The van der Waals surface area contributed by atoms with Crippen molar-refractivity contribution in [3.63, 3.8) is 0 Å². The minimum atomic E-state index is -3.80. The third-order valence-corrected chi connectivity index (χ3v) is 5.26. The average Bonchev–Trinajstić information content (AvgIpc) is 2.42. The van der Waals surface area contributed by atoms with Crippen LogP contribution in [0.2, 0.25) is 0 Å². The zero-order valence-corrected chi connectivity index (χ0v) is 13.2. The van der Waals surface area contributed by atoms with Crippen LogP contribution in [0.4, 0.5) is 10.1 Å². The number of nitrogens with one attached hydrogen (secondary N) is 1. The van der Waals surface area contributed by atoms with E-state index in [1.54, 1.807) is 0 Å². The quantitative estimate of drug-likeness (QED) is 0.806. The molecule has 1 saturated carbocycles. The Morgan fingerprint density at radius 2 is 2.05 bits per heavy atom. The lowest BCUT2D eigenvalue weighted by Gasteiger charge is -2.39. The largest absolute Gasteiger partial charge is 0.465 e. The van der Waals surface area contributed by atoms with Crippen LogP contribution >= 0.6 is 0 Å². The Kier molecular flexibility index (Phi) is 4.72. The molecule has 8 heteroatoms. The lowest BCUT2D eigenvalue weighted by atomic mass is 9.82. The van der Waals surface area contributed by atoms with Gasteiger partial charge in [-0.2, -0.15) is 0 Å². The van der Waals surface area contributed by atoms with Crippen LogP contribution in [-0.4, -0.2) is 40.0 Å². The van der Waals surface area contributed by atoms with Crippen LogP contribution in [0.3, 0.4) is 0 Å². The van der Waals surface area contributed by atoms with Crippen LogP contribution in [0.5, 0.6) is 0 Å². The Morgan fingerprint density at radius 1 is 1.36 bits per heavy atom. The van der Waals surface area contributed by atoms with Gasteiger partial charge in [0.1, 0.15) is 11.4 Å². The molecule has 122 valence electrons. The van der Waals surface area contributed by atoms with Crippen LogP contribution < -0.4 is 4.72 Å². The lowest BCUT2D eigenvalue weighted by molar-refractivity contribution is -0.0524. The molecule has 1 aliphatic carbocycles. The van der Waals surface area contributed by atoms with Gasteiger partial charge in [-0.15, -0.1) is 0 Å². The average molecular weight is 331 g/mol. The van der Waals surface area contributed by atoms with Crippen molar-refractivity contribution < 1.29 is 27.1 Å². The molecule has 0 unspecified atom stereocenters. The fraction of sp³-hybridized carbons (Fsp3) is 0.500. The minimum absolute atomic E-state index is 0.141. The maximum atomic E-state index is 13.8. The number of carbonyl (C=O) groups excluding carboxylic acids is 1. The summed E-state index contributed by atoms with van der Waals surface area (Å²) in [6.45, 7) is 0. The summed E-state index contributed by atoms with van der Waals surface area (Å²) in [5, 5.41) is 0. The number of hydrogen-bond donors (Lipinski definition) is 1. The molecular weight excluding hydrogens is 313 g/mol. The second-order valence-electron chi connectivity index (χ2n) is 5.26. The molecule has 0 spiro atoms. The summed E-state index contributed by atoms with van der Waals surface area (Å²) in [5.41, 5.74) is -1.28. The molecule has 6 nitrogen and oxygen atoms in total. The highest BCUT2D eigenvalue weighted by molar-refractivity contribution is 7.92. The number of hydrogen-bond acceptors (Lipinski definition) is 5. The first kappa shape index (κ1) is 16.7. The molecule has 0 atom stereocenters. The van der Waals surface area contributed by atoms with E-state index in [0.29, 0.717) is 12.8 Å². The van der Waals surface area contributed by atoms with E-state index in [1.165, 1.54) is 19.2 Å². The van der Waals surface area contributed by atoms with E-state index in [2.05, 4.69) is 9.46 Å². The summed E-state index contributed by atoms with van der Waals surface area (Å²) in [6.07, 6.45) is 2.20. The van der Waals surface area contributed by atoms with Crippen molar-refractivity contribution in [2.75, 3.05) is 24.7 Å². The van der Waals surface area contributed by atoms with Gasteiger partial charge in [0.25, 0.3) is 0 Å². The Morgan fingerprint density at radius 3 is 2.55 bits per heavy atom. The van der Waals surface area contributed by atoms with Gasteiger partial charge in [-0.05, 0) is 31.4 Å². The highest BCUT2D eigenvalue weighted by Gasteiger charge is 2.41. The fourth-order valence-corrected chi connectivity index (χ4v) is 4.12.